The minimum absolute atomic E-state index is 0.0246. The van der Waals surface area contributed by atoms with Crippen LogP contribution in [0, 0.1) is 11.8 Å². The van der Waals surface area contributed by atoms with Gasteiger partial charge in [0.1, 0.15) is 0 Å². The number of carboxylic acid groups (broad SMARTS) is 1. The highest BCUT2D eigenvalue weighted by Gasteiger charge is 2.37. The maximum absolute atomic E-state index is 12.2. The summed E-state index contributed by atoms with van der Waals surface area (Å²) in [5, 5.41) is 11.9. The van der Waals surface area contributed by atoms with Gasteiger partial charge in [0, 0.05) is 6.04 Å². The summed E-state index contributed by atoms with van der Waals surface area (Å²) < 4.78 is 23.1. The quantitative estimate of drug-likeness (QED) is 0.794. The van der Waals surface area contributed by atoms with E-state index in [1.165, 1.54) is 0 Å². The first-order chi connectivity index (χ1) is 9.39. The standard InChI is InChI=1S/C13H21NO5S/c15-12(10-5-1-2-6-11(10)13(16)17)14-9-4-3-7-20(18,19)8-9/h9-11H,1-8H2,(H,14,15)(H,16,17). The van der Waals surface area contributed by atoms with Gasteiger partial charge < -0.3 is 10.4 Å². The van der Waals surface area contributed by atoms with Gasteiger partial charge in [0.25, 0.3) is 0 Å². The average Bonchev–Trinajstić information content (AvgIpc) is 2.37. The molecule has 1 saturated heterocycles. The van der Waals surface area contributed by atoms with E-state index < -0.39 is 27.6 Å². The molecule has 20 heavy (non-hydrogen) atoms. The van der Waals surface area contributed by atoms with Crippen LogP contribution in [0.2, 0.25) is 0 Å². The second kappa shape index (κ2) is 6.11. The fraction of sp³-hybridized carbons (Fsp3) is 0.846. The van der Waals surface area contributed by atoms with Crippen molar-refractivity contribution in [3.05, 3.63) is 0 Å². The molecule has 0 spiro atoms. The summed E-state index contributed by atoms with van der Waals surface area (Å²) in [5.41, 5.74) is 0. The first kappa shape index (κ1) is 15.3. The van der Waals surface area contributed by atoms with E-state index in [1.807, 2.05) is 0 Å². The average molecular weight is 303 g/mol. The molecule has 2 N–H and O–H groups in total. The van der Waals surface area contributed by atoms with Crippen molar-refractivity contribution in [3.63, 3.8) is 0 Å². The molecule has 1 amide bonds. The first-order valence-corrected chi connectivity index (χ1v) is 8.95. The Morgan fingerprint density at radius 1 is 1.00 bits per heavy atom. The van der Waals surface area contributed by atoms with E-state index >= 15 is 0 Å². The molecule has 2 rings (SSSR count). The van der Waals surface area contributed by atoms with Gasteiger partial charge in [0.05, 0.1) is 23.3 Å². The molecule has 0 aromatic carbocycles. The number of rotatable bonds is 3. The molecular formula is C13H21NO5S. The maximum atomic E-state index is 12.2. The molecule has 1 heterocycles. The lowest BCUT2D eigenvalue weighted by atomic mass is 9.78. The molecule has 7 heteroatoms. The number of sulfone groups is 1. The van der Waals surface area contributed by atoms with E-state index in [1.54, 1.807) is 0 Å². The first-order valence-electron chi connectivity index (χ1n) is 7.12. The third-order valence-corrected chi connectivity index (χ3v) is 6.05. The van der Waals surface area contributed by atoms with E-state index in [2.05, 4.69) is 5.32 Å². The predicted molar refractivity (Wildman–Crippen MR) is 72.9 cm³/mol. The predicted octanol–water partition coefficient (Wildman–Crippen LogP) is 0.571. The van der Waals surface area contributed by atoms with Gasteiger partial charge in [-0.05, 0) is 25.7 Å². The number of carboxylic acids is 1. The number of carbonyl (C=O) groups is 2. The van der Waals surface area contributed by atoms with Crippen molar-refractivity contribution >= 4 is 21.7 Å². The Labute approximate surface area is 118 Å². The number of hydrogen-bond acceptors (Lipinski definition) is 4. The summed E-state index contributed by atoms with van der Waals surface area (Å²) in [6, 6.07) is -0.363. The summed E-state index contributed by atoms with van der Waals surface area (Å²) in [6.07, 6.45) is 3.98. The fourth-order valence-electron chi connectivity index (χ4n) is 3.19. The van der Waals surface area contributed by atoms with Crippen LogP contribution in [-0.4, -0.2) is 42.9 Å². The monoisotopic (exact) mass is 303 g/mol. The highest BCUT2D eigenvalue weighted by molar-refractivity contribution is 7.91. The van der Waals surface area contributed by atoms with Gasteiger partial charge in [-0.15, -0.1) is 0 Å². The molecule has 2 aliphatic rings. The van der Waals surface area contributed by atoms with E-state index in [-0.39, 0.29) is 23.5 Å². The normalized spacial score (nSPS) is 33.3. The van der Waals surface area contributed by atoms with Crippen LogP contribution in [0.1, 0.15) is 38.5 Å². The minimum atomic E-state index is -3.07. The number of aliphatic carboxylic acids is 1. The van der Waals surface area contributed by atoms with Crippen molar-refractivity contribution in [2.24, 2.45) is 11.8 Å². The summed E-state index contributed by atoms with van der Waals surface area (Å²) in [4.78, 5) is 23.4. The zero-order valence-electron chi connectivity index (χ0n) is 11.4. The van der Waals surface area contributed by atoms with Crippen molar-refractivity contribution in [2.75, 3.05) is 11.5 Å². The highest BCUT2D eigenvalue weighted by Crippen LogP contribution is 2.30. The van der Waals surface area contributed by atoms with Gasteiger partial charge in [-0.1, -0.05) is 12.8 Å². The molecule has 0 bridgehead atoms. The minimum Gasteiger partial charge on any atom is -0.481 e. The molecule has 6 nitrogen and oxygen atoms in total. The highest BCUT2D eigenvalue weighted by atomic mass is 32.2. The third kappa shape index (κ3) is 3.71. The maximum Gasteiger partial charge on any atom is 0.307 e. The number of carbonyl (C=O) groups excluding carboxylic acids is 1. The Hall–Kier alpha value is -1.11. The molecule has 1 saturated carbocycles. The Balaban J connectivity index is 1.98. The van der Waals surface area contributed by atoms with Crippen molar-refractivity contribution < 1.29 is 23.1 Å². The second-order valence-corrected chi connectivity index (χ2v) is 8.03. The molecule has 3 atom stereocenters. The second-order valence-electron chi connectivity index (χ2n) is 5.80. The van der Waals surface area contributed by atoms with Crippen LogP contribution in [0.25, 0.3) is 0 Å². The Kier molecular flexibility index (Phi) is 4.67. The van der Waals surface area contributed by atoms with E-state index in [0.717, 1.165) is 12.8 Å². The largest absolute Gasteiger partial charge is 0.481 e. The van der Waals surface area contributed by atoms with Crippen LogP contribution >= 0.6 is 0 Å². The zero-order valence-corrected chi connectivity index (χ0v) is 12.2. The summed E-state index contributed by atoms with van der Waals surface area (Å²) in [5.74, 6) is -2.22. The van der Waals surface area contributed by atoms with Gasteiger partial charge in [0.2, 0.25) is 5.91 Å². The van der Waals surface area contributed by atoms with Crippen molar-refractivity contribution in [3.8, 4) is 0 Å². The van der Waals surface area contributed by atoms with Crippen LogP contribution in [0.4, 0.5) is 0 Å². The van der Waals surface area contributed by atoms with Crippen molar-refractivity contribution in [1.82, 2.24) is 5.32 Å². The lowest BCUT2D eigenvalue weighted by Crippen LogP contribution is -2.48. The zero-order chi connectivity index (χ0) is 14.8. The van der Waals surface area contributed by atoms with Crippen molar-refractivity contribution in [2.45, 2.75) is 44.6 Å². The van der Waals surface area contributed by atoms with Gasteiger partial charge >= 0.3 is 5.97 Å². The smallest absolute Gasteiger partial charge is 0.307 e. The third-order valence-electron chi connectivity index (χ3n) is 4.23. The molecule has 3 unspecified atom stereocenters. The molecule has 1 aliphatic carbocycles. The van der Waals surface area contributed by atoms with E-state index in [0.29, 0.717) is 25.7 Å². The molecular weight excluding hydrogens is 282 g/mol. The van der Waals surface area contributed by atoms with Crippen LogP contribution < -0.4 is 5.32 Å². The van der Waals surface area contributed by atoms with E-state index in [4.69, 9.17) is 0 Å². The lowest BCUT2D eigenvalue weighted by molar-refractivity contribution is -0.149. The molecule has 0 radical (unpaired) electrons. The van der Waals surface area contributed by atoms with Crippen LogP contribution in [0.15, 0.2) is 0 Å². The van der Waals surface area contributed by atoms with E-state index in [9.17, 15) is 23.1 Å². The molecule has 2 fully saturated rings. The van der Waals surface area contributed by atoms with Gasteiger partial charge in [0.15, 0.2) is 9.84 Å². The number of amides is 1. The molecule has 114 valence electrons. The Morgan fingerprint density at radius 3 is 2.25 bits per heavy atom. The van der Waals surface area contributed by atoms with Crippen LogP contribution in [0.5, 0.6) is 0 Å². The Morgan fingerprint density at radius 2 is 1.65 bits per heavy atom. The SMILES string of the molecule is O=C(O)C1CCCCC1C(=O)NC1CCCS(=O)(=O)C1. The van der Waals surface area contributed by atoms with Crippen LogP contribution in [-0.2, 0) is 19.4 Å². The van der Waals surface area contributed by atoms with Crippen LogP contribution in [0.3, 0.4) is 0 Å². The fourth-order valence-corrected chi connectivity index (χ4v) is 4.82. The summed E-state index contributed by atoms with van der Waals surface area (Å²) >= 11 is 0. The lowest BCUT2D eigenvalue weighted by Gasteiger charge is -2.30. The topological polar surface area (TPSA) is 101 Å². The van der Waals surface area contributed by atoms with Gasteiger partial charge in [-0.2, -0.15) is 0 Å². The molecule has 0 aromatic rings. The van der Waals surface area contributed by atoms with Gasteiger partial charge in [-0.3, -0.25) is 9.59 Å². The Bertz CT molecular complexity index is 487. The molecule has 0 aromatic heterocycles. The summed E-state index contributed by atoms with van der Waals surface area (Å²) in [7, 11) is -3.07. The molecule has 1 aliphatic heterocycles. The summed E-state index contributed by atoms with van der Waals surface area (Å²) in [6.45, 7) is 0. The number of nitrogens with one attached hydrogen (secondary N) is 1. The number of hydrogen-bond donors (Lipinski definition) is 2. The van der Waals surface area contributed by atoms with Gasteiger partial charge in [-0.25, -0.2) is 8.42 Å². The van der Waals surface area contributed by atoms with Crippen molar-refractivity contribution in [1.29, 1.82) is 0 Å².